The number of halogens is 1. The largest absolute Gasteiger partial charge is 1.00 e. The zero-order valence-electron chi connectivity index (χ0n) is 24.9. The van der Waals surface area contributed by atoms with Crippen molar-refractivity contribution >= 4 is 79.7 Å². The number of ketones is 1. The predicted octanol–water partition coefficient (Wildman–Crippen LogP) is -2.77. The van der Waals surface area contributed by atoms with E-state index in [0.717, 1.165) is 22.3 Å². The molecule has 1 fully saturated rings. The van der Waals surface area contributed by atoms with Crippen molar-refractivity contribution in [1.82, 2.24) is 30.5 Å². The molecule has 2 aliphatic heterocycles. The fraction of sp³-hybridized carbons (Fsp3) is 0.296. The van der Waals surface area contributed by atoms with E-state index in [0.29, 0.717) is 23.4 Å². The van der Waals surface area contributed by atoms with Crippen LogP contribution < -0.4 is 50.1 Å². The molecule has 2 aliphatic rings. The minimum atomic E-state index is -1.88. The number of thioether (sulfide) groups is 1. The Hall–Kier alpha value is -3.81. The van der Waals surface area contributed by atoms with Gasteiger partial charge in [-0.3, -0.25) is 24.8 Å². The summed E-state index contributed by atoms with van der Waals surface area (Å²) in [5.41, 5.74) is 4.61. The molecule has 2 atom stereocenters. The summed E-state index contributed by atoms with van der Waals surface area (Å²) < 4.78 is 1.89. The first-order chi connectivity index (χ1) is 21.8. The molecular formula is C27H23ClN9NaO7S2. The number of aliphatic carboxylic acids is 1. The van der Waals surface area contributed by atoms with Gasteiger partial charge in [-0.05, 0) is 31.4 Å². The smallest absolute Gasteiger partial charge is 0.546 e. The molecule has 6 rings (SSSR count). The molecule has 4 N–H and O–H groups in total. The van der Waals surface area contributed by atoms with Crippen LogP contribution in [-0.2, 0) is 25.8 Å². The number of carboxylic acids is 1. The fourth-order valence-electron chi connectivity index (χ4n) is 4.96. The number of nitrogens with zero attached hydrogens (tertiary/aromatic N) is 8. The van der Waals surface area contributed by atoms with E-state index in [1.165, 1.54) is 42.6 Å². The monoisotopic (exact) mass is 707 g/mol. The Labute approximate surface area is 300 Å². The zero-order valence-corrected chi connectivity index (χ0v) is 29.3. The van der Waals surface area contributed by atoms with E-state index in [1.807, 2.05) is 4.57 Å². The van der Waals surface area contributed by atoms with Gasteiger partial charge in [-0.15, -0.1) is 11.8 Å². The number of pyridine rings is 1. The second kappa shape index (κ2) is 13.4. The third kappa shape index (κ3) is 6.66. The number of phenols is 2. The molecule has 238 valence electrons. The molecule has 0 unspecified atom stereocenters. The Kier molecular flexibility index (Phi) is 9.82. The first kappa shape index (κ1) is 34.5. The molecule has 0 spiro atoms. The number of anilines is 1. The maximum atomic E-state index is 13.7. The number of fused-ring (bicyclic) bond motifs is 2. The standard InChI is InChI=1S/C27H24ClN9O7S2.Na/c1-27(2,25(42)43)44-33-18(19-21(28)46-26(29)30-19)17(40)7-14-23(41)37-20(22-31-34-35-32-22)13(10-45-24(14)37)9-36-4-3-11-5-15(38)16(39)6-12(11)8-36;/h3-6,8,14,24H,7,9-10H2,1-2H3,(H5,29,30,31,32,34,35,39,42,43);/q;+1/p-1/b33-18+;/t14-,24-;/m1./s1. The van der Waals surface area contributed by atoms with Gasteiger partial charge in [-0.1, -0.05) is 28.1 Å². The van der Waals surface area contributed by atoms with Crippen LogP contribution >= 0.6 is 34.7 Å². The zero-order chi connectivity index (χ0) is 32.9. The molecule has 0 bridgehead atoms. The van der Waals surface area contributed by atoms with E-state index >= 15 is 0 Å². The van der Waals surface area contributed by atoms with E-state index < -0.39 is 28.6 Å². The summed E-state index contributed by atoms with van der Waals surface area (Å²) in [6, 6.07) is 4.69. The van der Waals surface area contributed by atoms with Crippen LogP contribution in [0.4, 0.5) is 5.13 Å². The fourth-order valence-corrected chi connectivity index (χ4v) is 7.29. The number of Topliss-reactive ketones (excluding diaryl/α,β-unsaturated/α-hetero) is 1. The van der Waals surface area contributed by atoms with Gasteiger partial charge < -0.3 is 35.8 Å². The van der Waals surface area contributed by atoms with Crippen LogP contribution in [0.5, 0.6) is 11.5 Å². The summed E-state index contributed by atoms with van der Waals surface area (Å²) in [5.74, 6) is -3.30. The number of carboxylic acid groups (broad SMARTS) is 1. The number of nitrogen functional groups attached to an aromatic ring is 1. The number of thiazole rings is 1. The number of tetrazole rings is 1. The Balaban J connectivity index is 0.00000433. The molecule has 1 aromatic carbocycles. The Bertz CT molecular complexity index is 1970. The van der Waals surface area contributed by atoms with Crippen LogP contribution in [0.2, 0.25) is 4.34 Å². The molecule has 20 heteroatoms. The number of carbonyl (C=O) groups excluding carboxylic acids is 3. The van der Waals surface area contributed by atoms with Crippen molar-refractivity contribution in [3.8, 4) is 11.5 Å². The molecule has 3 aromatic heterocycles. The quantitative estimate of drug-likeness (QED) is 0.0378. The average Bonchev–Trinajstić information content (AvgIpc) is 3.65. The molecular weight excluding hydrogens is 685 g/mol. The molecule has 1 amide bonds. The van der Waals surface area contributed by atoms with Crippen molar-refractivity contribution in [2.45, 2.75) is 37.8 Å². The van der Waals surface area contributed by atoms with Crippen LogP contribution in [0.3, 0.4) is 0 Å². The van der Waals surface area contributed by atoms with Crippen molar-refractivity contribution in [1.29, 1.82) is 0 Å². The summed E-state index contributed by atoms with van der Waals surface area (Å²) in [7, 11) is 0. The van der Waals surface area contributed by atoms with E-state index in [1.54, 1.807) is 18.5 Å². The van der Waals surface area contributed by atoms with E-state index in [9.17, 15) is 29.7 Å². The molecule has 4 aromatic rings. The Morgan fingerprint density at radius 1 is 1.30 bits per heavy atom. The number of nitrogens with two attached hydrogens (primary N) is 1. The SMILES string of the molecule is CC(C)(O/N=C(\C(=O)C[C@@H]1C(=O)N2C(c3nnn[n-]3)=C(C[n+]3ccc4cc(O)c(O)cc4c3)CS[C@H]12)c1nc(N)sc1Cl)C(=O)[O-].[Na+]. The van der Waals surface area contributed by atoms with E-state index in [4.69, 9.17) is 22.2 Å². The third-order valence-corrected chi connectivity index (χ3v) is 9.82. The Morgan fingerprint density at radius 3 is 2.66 bits per heavy atom. The second-order valence-electron chi connectivity index (χ2n) is 10.9. The number of β-lactam (4-membered cyclic amide) rings is 1. The number of rotatable bonds is 10. The molecule has 16 nitrogen and oxygen atoms in total. The maximum Gasteiger partial charge on any atom is 1.00 e. The van der Waals surface area contributed by atoms with Gasteiger partial charge in [-0.2, -0.15) is 5.21 Å². The molecule has 0 aliphatic carbocycles. The van der Waals surface area contributed by atoms with Gasteiger partial charge in [0.2, 0.25) is 5.91 Å². The van der Waals surface area contributed by atoms with Gasteiger partial charge in [0.15, 0.2) is 52.7 Å². The van der Waals surface area contributed by atoms with Gasteiger partial charge >= 0.3 is 29.6 Å². The number of hydrogen-bond donors (Lipinski definition) is 3. The van der Waals surface area contributed by atoms with E-state index in [2.05, 4.69) is 30.8 Å². The number of aromatic nitrogens is 6. The Morgan fingerprint density at radius 2 is 2.02 bits per heavy atom. The van der Waals surface area contributed by atoms with Crippen LogP contribution in [0.15, 0.2) is 41.3 Å². The van der Waals surface area contributed by atoms with Gasteiger partial charge in [0.25, 0.3) is 0 Å². The van der Waals surface area contributed by atoms with Crippen LogP contribution in [0.25, 0.3) is 16.5 Å². The van der Waals surface area contributed by atoms with Crippen molar-refractivity contribution in [3.63, 3.8) is 0 Å². The average molecular weight is 708 g/mol. The second-order valence-corrected chi connectivity index (χ2v) is 13.6. The number of phenolic OH excluding ortho intramolecular Hbond substituents is 2. The van der Waals surface area contributed by atoms with Gasteiger partial charge in [0, 0.05) is 29.2 Å². The predicted molar refractivity (Wildman–Crippen MR) is 162 cm³/mol. The van der Waals surface area contributed by atoms with Gasteiger partial charge in [0.05, 0.1) is 28.8 Å². The number of carbonyl (C=O) groups is 3. The molecule has 0 saturated carbocycles. The number of aromatic hydroxyl groups is 2. The van der Waals surface area contributed by atoms with Gasteiger partial charge in [-0.25, -0.2) is 9.55 Å². The first-order valence-corrected chi connectivity index (χ1v) is 15.7. The van der Waals surface area contributed by atoms with Crippen molar-refractivity contribution < 1.29 is 68.7 Å². The normalized spacial score (nSPS) is 18.1. The first-order valence-electron chi connectivity index (χ1n) is 13.5. The minimum absolute atomic E-state index is 0. The van der Waals surface area contributed by atoms with Crippen molar-refractivity contribution in [3.05, 3.63) is 52.0 Å². The van der Waals surface area contributed by atoms with Crippen molar-refractivity contribution in [2.24, 2.45) is 11.1 Å². The van der Waals surface area contributed by atoms with Crippen LogP contribution in [0.1, 0.15) is 31.8 Å². The number of oxime groups is 1. The number of hydrogen-bond acceptors (Lipinski definition) is 15. The van der Waals surface area contributed by atoms with Crippen molar-refractivity contribution in [2.75, 3.05) is 11.5 Å². The molecule has 47 heavy (non-hydrogen) atoms. The minimum Gasteiger partial charge on any atom is -0.546 e. The topological polar surface area (TPSA) is 235 Å². The summed E-state index contributed by atoms with van der Waals surface area (Å²) in [5, 5.41) is 51.1. The maximum absolute atomic E-state index is 13.7. The van der Waals surface area contributed by atoms with Crippen LogP contribution in [-0.4, -0.2) is 75.7 Å². The van der Waals surface area contributed by atoms with Crippen LogP contribution in [0, 0.1) is 5.92 Å². The number of amides is 1. The summed E-state index contributed by atoms with van der Waals surface area (Å²) in [6.07, 6.45) is 3.27. The molecule has 1 saturated heterocycles. The summed E-state index contributed by atoms with van der Waals surface area (Å²) in [4.78, 5) is 49.4. The number of benzene rings is 1. The third-order valence-electron chi connectivity index (χ3n) is 7.35. The summed E-state index contributed by atoms with van der Waals surface area (Å²) in [6.45, 7) is 2.71. The molecule has 5 heterocycles. The molecule has 0 radical (unpaired) electrons. The summed E-state index contributed by atoms with van der Waals surface area (Å²) >= 11 is 8.57. The van der Waals surface area contributed by atoms with Gasteiger partial charge in [0.1, 0.15) is 10.0 Å². The van der Waals surface area contributed by atoms with E-state index in [-0.39, 0.29) is 80.1 Å².